The van der Waals surface area contributed by atoms with Gasteiger partial charge in [-0.15, -0.1) is 0 Å². The second kappa shape index (κ2) is 5.73. The Balaban J connectivity index is 2.32. The fraction of sp³-hybridized carbons (Fsp3) is 0.357. The summed E-state index contributed by atoms with van der Waals surface area (Å²) in [6.45, 7) is 1.64. The fourth-order valence-electron chi connectivity index (χ4n) is 2.41. The Morgan fingerprint density at radius 2 is 1.95 bits per heavy atom. The highest BCUT2D eigenvalue weighted by Gasteiger charge is 2.50. The minimum absolute atomic E-state index is 0.144. The number of carboxylic acid groups (broad SMARTS) is 1. The molecule has 2 N–H and O–H groups in total. The molecule has 0 radical (unpaired) electrons. The quantitative estimate of drug-likeness (QED) is 0.814. The molecule has 0 spiro atoms. The molecule has 6 nitrogen and oxygen atoms in total. The number of urea groups is 1. The maximum absolute atomic E-state index is 12.6. The summed E-state index contributed by atoms with van der Waals surface area (Å²) < 4.78 is 0. The molecule has 1 fully saturated rings. The Hall–Kier alpha value is -2.08. The lowest BCUT2D eigenvalue weighted by molar-refractivity contribution is -0.138. The number of nitrogens with zero attached hydrogens (tertiary/aromatic N) is 1. The van der Waals surface area contributed by atoms with Crippen molar-refractivity contribution in [3.63, 3.8) is 0 Å². The van der Waals surface area contributed by atoms with E-state index < -0.39 is 23.4 Å². The molecule has 1 saturated heterocycles. The number of benzene rings is 1. The summed E-state index contributed by atoms with van der Waals surface area (Å²) in [7, 11) is 0. The number of rotatable bonds is 5. The predicted octanol–water partition coefficient (Wildman–Crippen LogP) is 1.97. The topological polar surface area (TPSA) is 86.7 Å². The van der Waals surface area contributed by atoms with E-state index in [0.717, 1.165) is 4.90 Å². The number of hydrogen-bond acceptors (Lipinski definition) is 3. The van der Waals surface area contributed by atoms with Crippen LogP contribution in [-0.2, 0) is 15.1 Å². The van der Waals surface area contributed by atoms with E-state index in [4.69, 9.17) is 16.7 Å². The van der Waals surface area contributed by atoms with Gasteiger partial charge in [0.15, 0.2) is 0 Å². The van der Waals surface area contributed by atoms with Crippen molar-refractivity contribution in [1.29, 1.82) is 0 Å². The van der Waals surface area contributed by atoms with Gasteiger partial charge in [0.05, 0.1) is 6.42 Å². The van der Waals surface area contributed by atoms with E-state index in [1.807, 2.05) is 0 Å². The monoisotopic (exact) mass is 310 g/mol. The first kappa shape index (κ1) is 15.3. The number of aliphatic carboxylic acids is 1. The van der Waals surface area contributed by atoms with E-state index in [1.165, 1.54) is 0 Å². The molecule has 3 amide bonds. The molecule has 0 aromatic heterocycles. The van der Waals surface area contributed by atoms with Gasteiger partial charge in [-0.05, 0) is 24.1 Å². The normalized spacial score (nSPS) is 21.5. The van der Waals surface area contributed by atoms with Crippen molar-refractivity contribution in [2.45, 2.75) is 25.3 Å². The third kappa shape index (κ3) is 2.71. The maximum Gasteiger partial charge on any atom is 0.325 e. The van der Waals surface area contributed by atoms with Gasteiger partial charge in [-0.25, -0.2) is 4.79 Å². The number of carboxylic acids is 1. The van der Waals surface area contributed by atoms with Crippen molar-refractivity contribution >= 4 is 29.5 Å². The summed E-state index contributed by atoms with van der Waals surface area (Å²) in [5, 5.41) is 11.9. The number of hydrogen-bond donors (Lipinski definition) is 2. The number of amides is 3. The Kier molecular flexibility index (Phi) is 4.18. The molecule has 1 aromatic rings. The van der Waals surface area contributed by atoms with Crippen molar-refractivity contribution in [3.05, 3.63) is 34.9 Å². The van der Waals surface area contributed by atoms with Gasteiger partial charge >= 0.3 is 12.0 Å². The van der Waals surface area contributed by atoms with Gasteiger partial charge in [-0.2, -0.15) is 0 Å². The number of carbonyl (C=O) groups excluding carboxylic acids is 2. The molecule has 1 aliphatic rings. The lowest BCUT2D eigenvalue weighted by Gasteiger charge is -2.25. The van der Waals surface area contributed by atoms with Crippen LogP contribution in [0.1, 0.15) is 25.3 Å². The molecular weight excluding hydrogens is 296 g/mol. The molecular formula is C14H15ClN2O4. The van der Waals surface area contributed by atoms with Gasteiger partial charge in [-0.3, -0.25) is 14.5 Å². The van der Waals surface area contributed by atoms with Crippen molar-refractivity contribution < 1.29 is 19.5 Å². The van der Waals surface area contributed by atoms with Crippen molar-refractivity contribution in [1.82, 2.24) is 10.2 Å². The summed E-state index contributed by atoms with van der Waals surface area (Å²) in [5.41, 5.74) is -0.522. The Morgan fingerprint density at radius 3 is 2.48 bits per heavy atom. The standard InChI is InChI=1S/C14H15ClN2O4/c1-2-14(9-3-5-10(15)6-4-9)12(20)17(13(21)16-14)8-7-11(18)19/h3-6H,2,7-8H2,1H3,(H,16,21)(H,18,19). The average Bonchev–Trinajstić information content (AvgIpc) is 2.69. The number of carbonyl (C=O) groups is 3. The molecule has 0 saturated carbocycles. The SMILES string of the molecule is CCC1(c2ccc(Cl)cc2)NC(=O)N(CCC(=O)O)C1=O. The van der Waals surface area contributed by atoms with Gasteiger partial charge in [0.25, 0.3) is 5.91 Å². The smallest absolute Gasteiger partial charge is 0.325 e. The fourth-order valence-corrected chi connectivity index (χ4v) is 2.54. The van der Waals surface area contributed by atoms with E-state index >= 15 is 0 Å². The van der Waals surface area contributed by atoms with Crippen LogP contribution >= 0.6 is 11.6 Å². The van der Waals surface area contributed by atoms with Crippen LogP contribution in [0.5, 0.6) is 0 Å². The van der Waals surface area contributed by atoms with Crippen LogP contribution in [0.2, 0.25) is 5.02 Å². The molecule has 2 rings (SSSR count). The maximum atomic E-state index is 12.6. The first-order chi connectivity index (χ1) is 9.90. The van der Waals surface area contributed by atoms with Crippen molar-refractivity contribution in [2.24, 2.45) is 0 Å². The number of halogens is 1. The summed E-state index contributed by atoms with van der Waals surface area (Å²) in [5.74, 6) is -1.49. The minimum Gasteiger partial charge on any atom is -0.481 e. The molecule has 7 heteroatoms. The van der Waals surface area contributed by atoms with Gasteiger partial charge in [-0.1, -0.05) is 30.7 Å². The Morgan fingerprint density at radius 1 is 1.33 bits per heavy atom. The molecule has 112 valence electrons. The molecule has 21 heavy (non-hydrogen) atoms. The third-order valence-corrected chi connectivity index (χ3v) is 3.84. The van der Waals surface area contributed by atoms with Gasteiger partial charge < -0.3 is 10.4 Å². The van der Waals surface area contributed by atoms with Gasteiger partial charge in [0.1, 0.15) is 5.54 Å². The highest BCUT2D eigenvalue weighted by atomic mass is 35.5. The second-order valence-electron chi connectivity index (χ2n) is 4.80. The third-order valence-electron chi connectivity index (χ3n) is 3.59. The highest BCUT2D eigenvalue weighted by Crippen LogP contribution is 2.33. The van der Waals surface area contributed by atoms with E-state index in [-0.39, 0.29) is 13.0 Å². The predicted molar refractivity (Wildman–Crippen MR) is 75.9 cm³/mol. The molecule has 1 heterocycles. The van der Waals surface area contributed by atoms with Crippen LogP contribution in [0.15, 0.2) is 24.3 Å². The highest BCUT2D eigenvalue weighted by molar-refractivity contribution is 6.30. The minimum atomic E-state index is -1.15. The molecule has 1 aromatic carbocycles. The Bertz CT molecular complexity index is 587. The van der Waals surface area contributed by atoms with Gasteiger partial charge in [0.2, 0.25) is 0 Å². The summed E-state index contributed by atoms with van der Waals surface area (Å²) in [6, 6.07) is 6.09. The average molecular weight is 311 g/mol. The Labute approximate surface area is 126 Å². The largest absolute Gasteiger partial charge is 0.481 e. The number of imide groups is 1. The zero-order valence-corrected chi connectivity index (χ0v) is 12.2. The summed E-state index contributed by atoms with van der Waals surface area (Å²) in [6.07, 6.45) is 0.0857. The first-order valence-corrected chi connectivity index (χ1v) is 6.90. The van der Waals surface area contributed by atoms with Crippen LogP contribution in [0.4, 0.5) is 4.79 Å². The lowest BCUT2D eigenvalue weighted by Crippen LogP contribution is -2.43. The van der Waals surface area contributed by atoms with Gasteiger partial charge in [0, 0.05) is 11.6 Å². The van der Waals surface area contributed by atoms with E-state index in [0.29, 0.717) is 17.0 Å². The van der Waals surface area contributed by atoms with Crippen LogP contribution in [0.25, 0.3) is 0 Å². The molecule has 1 atom stereocenters. The van der Waals surface area contributed by atoms with Crippen LogP contribution in [-0.4, -0.2) is 34.5 Å². The van der Waals surface area contributed by atoms with E-state index in [1.54, 1.807) is 31.2 Å². The second-order valence-corrected chi connectivity index (χ2v) is 5.23. The van der Waals surface area contributed by atoms with E-state index in [2.05, 4.69) is 5.32 Å². The zero-order valence-electron chi connectivity index (χ0n) is 11.4. The van der Waals surface area contributed by atoms with Crippen LogP contribution in [0, 0.1) is 0 Å². The lowest BCUT2D eigenvalue weighted by atomic mass is 9.87. The zero-order chi connectivity index (χ0) is 15.6. The first-order valence-electron chi connectivity index (χ1n) is 6.52. The van der Waals surface area contributed by atoms with Crippen LogP contribution in [0.3, 0.4) is 0 Å². The molecule has 1 unspecified atom stereocenters. The van der Waals surface area contributed by atoms with E-state index in [9.17, 15) is 14.4 Å². The van der Waals surface area contributed by atoms with Crippen molar-refractivity contribution in [2.75, 3.05) is 6.54 Å². The number of nitrogens with one attached hydrogen (secondary N) is 1. The summed E-state index contributed by atoms with van der Waals surface area (Å²) in [4.78, 5) is 36.1. The molecule has 1 aliphatic heterocycles. The summed E-state index contributed by atoms with van der Waals surface area (Å²) >= 11 is 5.84. The molecule has 0 bridgehead atoms. The van der Waals surface area contributed by atoms with Crippen LogP contribution < -0.4 is 5.32 Å². The molecule has 0 aliphatic carbocycles. The van der Waals surface area contributed by atoms with Crippen molar-refractivity contribution in [3.8, 4) is 0 Å².